The molecule has 5 nitrogen and oxygen atoms in total. The molecule has 0 spiro atoms. The zero-order chi connectivity index (χ0) is 12.5. The number of thiophene rings is 1. The molecular weight excluding hydrogens is 258 g/mol. The Kier molecular flexibility index (Phi) is 3.49. The van der Waals surface area contributed by atoms with Crippen LogP contribution in [-0.4, -0.2) is 38.4 Å². The molecule has 2 rings (SSSR count). The highest BCUT2D eigenvalue weighted by Gasteiger charge is 2.29. The summed E-state index contributed by atoms with van der Waals surface area (Å²) in [6, 6.07) is 5.17. The minimum absolute atomic E-state index is 0.161. The molecular formula is C10H13N3O2S2. The minimum atomic E-state index is -3.42. The summed E-state index contributed by atoms with van der Waals surface area (Å²) in [5.74, 6) is 0. The number of piperazine rings is 1. The summed E-state index contributed by atoms with van der Waals surface area (Å²) in [6.07, 6.45) is 0. The molecule has 92 valence electrons. The maximum absolute atomic E-state index is 12.3. The second kappa shape index (κ2) is 4.74. The molecule has 2 heterocycles. The first-order chi connectivity index (χ1) is 8.04. The van der Waals surface area contributed by atoms with Gasteiger partial charge in [0.05, 0.1) is 0 Å². The number of sulfonamides is 1. The Morgan fingerprint density at radius 3 is 2.94 bits per heavy atom. The van der Waals surface area contributed by atoms with E-state index in [0.29, 0.717) is 24.5 Å². The van der Waals surface area contributed by atoms with Crippen LogP contribution in [0.15, 0.2) is 16.3 Å². The van der Waals surface area contributed by atoms with E-state index in [1.807, 2.05) is 13.0 Å². The molecule has 0 unspecified atom stereocenters. The third-order valence-corrected chi connectivity index (χ3v) is 5.94. The van der Waals surface area contributed by atoms with Crippen molar-refractivity contribution in [1.82, 2.24) is 9.62 Å². The van der Waals surface area contributed by atoms with Crippen molar-refractivity contribution in [2.75, 3.05) is 19.6 Å². The van der Waals surface area contributed by atoms with E-state index in [0.717, 1.165) is 11.3 Å². The Morgan fingerprint density at radius 2 is 2.35 bits per heavy atom. The molecule has 0 radical (unpaired) electrons. The van der Waals surface area contributed by atoms with E-state index in [1.54, 1.807) is 6.07 Å². The lowest BCUT2D eigenvalue weighted by Crippen LogP contribution is -2.51. The van der Waals surface area contributed by atoms with Crippen LogP contribution in [-0.2, 0) is 10.0 Å². The number of nitrogens with zero attached hydrogens (tertiary/aromatic N) is 2. The van der Waals surface area contributed by atoms with E-state index < -0.39 is 10.0 Å². The fourth-order valence-electron chi connectivity index (χ4n) is 1.76. The van der Waals surface area contributed by atoms with Crippen molar-refractivity contribution in [1.29, 1.82) is 5.26 Å². The molecule has 0 amide bonds. The van der Waals surface area contributed by atoms with Crippen molar-refractivity contribution in [2.45, 2.75) is 17.2 Å². The molecule has 1 aromatic heterocycles. The second-order valence-electron chi connectivity index (χ2n) is 3.95. The summed E-state index contributed by atoms with van der Waals surface area (Å²) in [6.45, 7) is 3.57. The summed E-state index contributed by atoms with van der Waals surface area (Å²) in [5, 5.41) is 11.9. The number of nitriles is 1. The van der Waals surface area contributed by atoms with E-state index in [1.165, 1.54) is 10.4 Å². The Hall–Kier alpha value is -0.940. The molecule has 1 N–H and O–H groups in total. The quantitative estimate of drug-likeness (QED) is 0.855. The maximum Gasteiger partial charge on any atom is 0.252 e. The summed E-state index contributed by atoms with van der Waals surface area (Å²) in [5.41, 5.74) is 0. The van der Waals surface area contributed by atoms with Crippen molar-refractivity contribution in [3.05, 3.63) is 17.0 Å². The number of hydrogen-bond donors (Lipinski definition) is 1. The number of hydrogen-bond acceptors (Lipinski definition) is 5. The highest BCUT2D eigenvalue weighted by atomic mass is 32.2. The van der Waals surface area contributed by atoms with Gasteiger partial charge in [0.1, 0.15) is 15.2 Å². The van der Waals surface area contributed by atoms with Gasteiger partial charge in [0.15, 0.2) is 0 Å². The lowest BCUT2D eigenvalue weighted by atomic mass is 10.3. The highest BCUT2D eigenvalue weighted by Crippen LogP contribution is 2.25. The van der Waals surface area contributed by atoms with Crippen LogP contribution in [0.4, 0.5) is 0 Å². The van der Waals surface area contributed by atoms with Gasteiger partial charge < -0.3 is 5.32 Å². The Labute approximate surface area is 105 Å². The van der Waals surface area contributed by atoms with Gasteiger partial charge in [0.25, 0.3) is 10.0 Å². The standard InChI is InChI=1S/C10H13N3O2S2/c1-8-7-13(5-4-12-8)17(14,15)10-3-2-9(6-11)16-10/h2-3,8,12H,4-5,7H2,1H3/t8-/m1/s1. The van der Waals surface area contributed by atoms with Crippen molar-refractivity contribution in [3.63, 3.8) is 0 Å². The van der Waals surface area contributed by atoms with Crippen molar-refractivity contribution >= 4 is 21.4 Å². The van der Waals surface area contributed by atoms with Gasteiger partial charge >= 0.3 is 0 Å². The number of nitrogens with one attached hydrogen (secondary N) is 1. The van der Waals surface area contributed by atoms with Crippen molar-refractivity contribution in [3.8, 4) is 6.07 Å². The summed E-state index contributed by atoms with van der Waals surface area (Å²) >= 11 is 1.02. The SMILES string of the molecule is C[C@@H]1CN(S(=O)(=O)c2ccc(C#N)s2)CCN1. The van der Waals surface area contributed by atoms with Crippen LogP contribution < -0.4 is 5.32 Å². The van der Waals surface area contributed by atoms with Gasteiger partial charge in [-0.25, -0.2) is 8.42 Å². The van der Waals surface area contributed by atoms with Crippen LogP contribution in [0.3, 0.4) is 0 Å². The smallest absolute Gasteiger partial charge is 0.252 e. The van der Waals surface area contributed by atoms with Gasteiger partial charge in [-0.3, -0.25) is 0 Å². The first-order valence-corrected chi connectivity index (χ1v) is 7.53. The average Bonchev–Trinajstić information content (AvgIpc) is 2.78. The van der Waals surface area contributed by atoms with Crippen LogP contribution in [0, 0.1) is 11.3 Å². The van der Waals surface area contributed by atoms with Crippen LogP contribution in [0.1, 0.15) is 11.8 Å². The van der Waals surface area contributed by atoms with E-state index in [-0.39, 0.29) is 10.3 Å². The predicted octanol–water partition coefficient (Wildman–Crippen LogP) is 0.602. The third kappa shape index (κ3) is 2.50. The summed E-state index contributed by atoms with van der Waals surface area (Å²) in [4.78, 5) is 0.423. The van der Waals surface area contributed by atoms with Gasteiger partial charge in [0, 0.05) is 25.7 Å². The lowest BCUT2D eigenvalue weighted by molar-refractivity contribution is 0.311. The molecule has 0 bridgehead atoms. The minimum Gasteiger partial charge on any atom is -0.312 e. The molecule has 1 saturated heterocycles. The number of rotatable bonds is 2. The van der Waals surface area contributed by atoms with E-state index in [2.05, 4.69) is 5.32 Å². The van der Waals surface area contributed by atoms with Crippen molar-refractivity contribution < 1.29 is 8.42 Å². The molecule has 1 aromatic rings. The Balaban J connectivity index is 2.27. The zero-order valence-corrected chi connectivity index (χ0v) is 11.0. The third-order valence-electron chi connectivity index (χ3n) is 2.62. The van der Waals surface area contributed by atoms with Crippen LogP contribution in [0.2, 0.25) is 0 Å². The lowest BCUT2D eigenvalue weighted by Gasteiger charge is -2.30. The Bertz CT molecular complexity index is 544. The molecule has 0 saturated carbocycles. The normalized spacial score (nSPS) is 22.2. The fraction of sp³-hybridized carbons (Fsp3) is 0.500. The summed E-state index contributed by atoms with van der Waals surface area (Å²) in [7, 11) is -3.42. The first-order valence-electron chi connectivity index (χ1n) is 5.27. The Morgan fingerprint density at radius 1 is 1.59 bits per heavy atom. The molecule has 0 aromatic carbocycles. The van der Waals surface area contributed by atoms with Gasteiger partial charge in [-0.05, 0) is 19.1 Å². The zero-order valence-electron chi connectivity index (χ0n) is 9.38. The van der Waals surface area contributed by atoms with E-state index >= 15 is 0 Å². The second-order valence-corrected chi connectivity index (χ2v) is 7.20. The largest absolute Gasteiger partial charge is 0.312 e. The maximum atomic E-state index is 12.3. The molecule has 0 aliphatic carbocycles. The van der Waals surface area contributed by atoms with E-state index in [4.69, 9.17) is 5.26 Å². The van der Waals surface area contributed by atoms with Crippen LogP contribution in [0.25, 0.3) is 0 Å². The fourth-order valence-corrected chi connectivity index (χ4v) is 4.55. The van der Waals surface area contributed by atoms with Crippen LogP contribution >= 0.6 is 11.3 Å². The average molecular weight is 271 g/mol. The molecule has 7 heteroatoms. The molecule has 1 aliphatic heterocycles. The summed E-state index contributed by atoms with van der Waals surface area (Å²) < 4.78 is 26.2. The molecule has 1 aliphatic rings. The highest BCUT2D eigenvalue weighted by molar-refractivity contribution is 7.91. The van der Waals surface area contributed by atoms with Gasteiger partial charge in [-0.1, -0.05) is 0 Å². The van der Waals surface area contributed by atoms with E-state index in [9.17, 15) is 8.42 Å². The van der Waals surface area contributed by atoms with Gasteiger partial charge in [-0.2, -0.15) is 9.57 Å². The van der Waals surface area contributed by atoms with Crippen molar-refractivity contribution in [2.24, 2.45) is 0 Å². The van der Waals surface area contributed by atoms with Crippen LogP contribution in [0.5, 0.6) is 0 Å². The topological polar surface area (TPSA) is 73.2 Å². The monoisotopic (exact) mass is 271 g/mol. The van der Waals surface area contributed by atoms with Gasteiger partial charge in [0.2, 0.25) is 0 Å². The molecule has 1 fully saturated rings. The van der Waals surface area contributed by atoms with Gasteiger partial charge in [-0.15, -0.1) is 11.3 Å². The molecule has 17 heavy (non-hydrogen) atoms. The molecule has 1 atom stereocenters. The predicted molar refractivity (Wildman–Crippen MR) is 65.3 cm³/mol. The first kappa shape index (κ1) is 12.5.